The van der Waals surface area contributed by atoms with E-state index in [-0.39, 0.29) is 45.7 Å². The zero-order chi connectivity index (χ0) is 24.6. The number of rotatable bonds is 5. The first-order chi connectivity index (χ1) is 15.1. The van der Waals surface area contributed by atoms with Crippen LogP contribution in [0.25, 0.3) is 0 Å². The Morgan fingerprint density at radius 1 is 0.879 bits per heavy atom. The number of fused-ring (bicyclic) bond motifs is 5. The van der Waals surface area contributed by atoms with Crippen LogP contribution >= 0.6 is 0 Å². The van der Waals surface area contributed by atoms with Crippen molar-refractivity contribution in [1.29, 1.82) is 0 Å². The van der Waals surface area contributed by atoms with Crippen molar-refractivity contribution in [3.05, 3.63) is 0 Å². The normalized spacial score (nSPS) is 50.9. The van der Waals surface area contributed by atoms with Crippen molar-refractivity contribution in [3.63, 3.8) is 0 Å². The van der Waals surface area contributed by atoms with Crippen LogP contribution in [0.15, 0.2) is 0 Å². The van der Waals surface area contributed by atoms with Crippen molar-refractivity contribution in [2.75, 3.05) is 0 Å². The molecule has 4 aliphatic carbocycles. The number of aliphatic hydroxyl groups is 3. The highest BCUT2D eigenvalue weighted by Gasteiger charge is 2.71. The fraction of sp³-hybridized carbons (Fsp3) is 1.00. The van der Waals surface area contributed by atoms with Crippen molar-refractivity contribution in [1.82, 2.24) is 0 Å². The van der Waals surface area contributed by atoms with E-state index in [4.69, 9.17) is 0 Å². The fourth-order valence-electron chi connectivity index (χ4n) is 10.5. The average molecular weight is 463 g/mol. The first-order valence-electron chi connectivity index (χ1n) is 14.2. The Hall–Kier alpha value is -0.120. The maximum absolute atomic E-state index is 11.8. The Kier molecular flexibility index (Phi) is 6.45. The molecule has 4 fully saturated rings. The minimum absolute atomic E-state index is 0.0602. The summed E-state index contributed by atoms with van der Waals surface area (Å²) in [6.07, 6.45) is 9.90. The van der Waals surface area contributed by atoms with Gasteiger partial charge in [-0.15, -0.1) is 0 Å². The lowest BCUT2D eigenvalue weighted by molar-refractivity contribution is -0.246. The third-order valence-corrected chi connectivity index (χ3v) is 12.6. The lowest BCUT2D eigenvalue weighted by Crippen LogP contribution is -2.66. The second-order valence-electron chi connectivity index (χ2n) is 15.0. The third-order valence-electron chi connectivity index (χ3n) is 12.6. The zero-order valence-electron chi connectivity index (χ0n) is 23.0. The summed E-state index contributed by atoms with van der Waals surface area (Å²) in [5.74, 6) is 2.04. The summed E-state index contributed by atoms with van der Waals surface area (Å²) < 4.78 is 0. The molecule has 0 amide bonds. The molecule has 0 heterocycles. The quantitative estimate of drug-likeness (QED) is 0.432. The van der Waals surface area contributed by atoms with E-state index in [1.54, 1.807) is 0 Å². The molecule has 33 heavy (non-hydrogen) atoms. The van der Waals surface area contributed by atoms with Crippen LogP contribution in [0, 0.1) is 51.2 Å². The molecule has 0 saturated heterocycles. The van der Waals surface area contributed by atoms with E-state index in [9.17, 15) is 15.3 Å². The molecule has 0 bridgehead atoms. The molecule has 3 N–H and O–H groups in total. The van der Waals surface area contributed by atoms with Crippen LogP contribution in [-0.4, -0.2) is 33.1 Å². The van der Waals surface area contributed by atoms with E-state index in [0.717, 1.165) is 51.4 Å². The van der Waals surface area contributed by atoms with Gasteiger partial charge in [-0.25, -0.2) is 0 Å². The van der Waals surface area contributed by atoms with Gasteiger partial charge in [0.1, 0.15) is 0 Å². The molecule has 0 radical (unpaired) electrons. The number of hydrogen-bond acceptors (Lipinski definition) is 3. The van der Waals surface area contributed by atoms with Crippen molar-refractivity contribution in [3.8, 4) is 0 Å². The summed E-state index contributed by atoms with van der Waals surface area (Å²) in [6, 6.07) is 0. The van der Waals surface area contributed by atoms with Gasteiger partial charge in [0.05, 0.1) is 17.8 Å². The van der Waals surface area contributed by atoms with Crippen LogP contribution in [-0.2, 0) is 0 Å². The Morgan fingerprint density at radius 3 is 2.15 bits per heavy atom. The molecule has 10 atom stereocenters. The predicted octanol–water partition coefficient (Wildman–Crippen LogP) is 6.58. The molecule has 4 saturated carbocycles. The minimum atomic E-state index is -0.695. The van der Waals surface area contributed by atoms with E-state index in [1.807, 2.05) is 0 Å². The molecule has 0 spiro atoms. The van der Waals surface area contributed by atoms with E-state index in [0.29, 0.717) is 17.8 Å². The van der Waals surface area contributed by atoms with Gasteiger partial charge in [0.15, 0.2) is 0 Å². The van der Waals surface area contributed by atoms with E-state index in [1.165, 1.54) is 12.8 Å². The van der Waals surface area contributed by atoms with Gasteiger partial charge >= 0.3 is 0 Å². The molecule has 192 valence electrons. The van der Waals surface area contributed by atoms with Gasteiger partial charge in [-0.05, 0) is 110 Å². The van der Waals surface area contributed by atoms with Crippen molar-refractivity contribution >= 4 is 0 Å². The van der Waals surface area contributed by atoms with Gasteiger partial charge < -0.3 is 15.3 Å². The van der Waals surface area contributed by atoms with Crippen LogP contribution in [0.3, 0.4) is 0 Å². The molecular formula is C30H54O3. The lowest BCUT2D eigenvalue weighted by atomic mass is 9.35. The SMILES string of the molecule is CC(C)CCC[C@](C)(O)C1CC[C@]2(C)C1[C@H](O)CC1[C@@]3(C)CC[C@H](O)C(C)(C)C3CC[C@]12C. The van der Waals surface area contributed by atoms with Crippen LogP contribution in [0.1, 0.15) is 120 Å². The maximum atomic E-state index is 11.8. The van der Waals surface area contributed by atoms with Crippen molar-refractivity contribution in [2.45, 2.75) is 137 Å². The van der Waals surface area contributed by atoms with Crippen LogP contribution in [0.4, 0.5) is 0 Å². The molecule has 4 rings (SSSR count). The van der Waals surface area contributed by atoms with Crippen molar-refractivity contribution < 1.29 is 15.3 Å². The smallest absolute Gasteiger partial charge is 0.0651 e. The molecule has 0 aromatic carbocycles. The summed E-state index contributed by atoms with van der Waals surface area (Å²) in [6.45, 7) is 18.7. The second-order valence-corrected chi connectivity index (χ2v) is 15.0. The molecule has 4 aliphatic rings. The van der Waals surface area contributed by atoms with E-state index in [2.05, 4.69) is 55.4 Å². The Balaban J connectivity index is 1.64. The highest BCUT2D eigenvalue weighted by atomic mass is 16.3. The lowest BCUT2D eigenvalue weighted by Gasteiger charge is -2.70. The van der Waals surface area contributed by atoms with Gasteiger partial charge in [0.25, 0.3) is 0 Å². The molecular weight excluding hydrogens is 408 g/mol. The standard InChI is InChI=1S/C30H54O3/c1-19(2)10-9-14-30(8,33)20-11-16-29(7)25(20)21(31)18-23-27(5)15-13-24(32)26(3,4)22(27)12-17-28(23,29)6/h19-25,31-33H,9-18H2,1-8H3/t20?,21-,22?,23?,24+,25?,27+,28-,29-,30+/m1/s1. The Labute approximate surface area is 204 Å². The van der Waals surface area contributed by atoms with Crippen LogP contribution in [0.2, 0.25) is 0 Å². The Morgan fingerprint density at radius 2 is 1.52 bits per heavy atom. The Bertz CT molecular complexity index is 728. The predicted molar refractivity (Wildman–Crippen MR) is 136 cm³/mol. The summed E-state index contributed by atoms with van der Waals surface area (Å²) in [4.78, 5) is 0. The molecule has 4 unspecified atom stereocenters. The molecule has 3 heteroatoms. The van der Waals surface area contributed by atoms with Crippen LogP contribution < -0.4 is 0 Å². The first-order valence-corrected chi connectivity index (χ1v) is 14.2. The number of hydrogen-bond donors (Lipinski definition) is 3. The monoisotopic (exact) mass is 462 g/mol. The summed E-state index contributed by atoms with van der Waals surface area (Å²) in [5, 5.41) is 34.3. The largest absolute Gasteiger partial charge is 0.393 e. The first kappa shape index (κ1) is 26.0. The summed E-state index contributed by atoms with van der Waals surface area (Å²) >= 11 is 0. The van der Waals surface area contributed by atoms with Gasteiger partial charge in [-0.3, -0.25) is 0 Å². The highest BCUT2D eigenvalue weighted by Crippen LogP contribution is 2.75. The van der Waals surface area contributed by atoms with Gasteiger partial charge in [0, 0.05) is 0 Å². The van der Waals surface area contributed by atoms with Gasteiger partial charge in [-0.1, -0.05) is 61.3 Å². The second kappa shape index (κ2) is 8.20. The van der Waals surface area contributed by atoms with Crippen molar-refractivity contribution in [2.24, 2.45) is 51.2 Å². The zero-order valence-corrected chi connectivity index (χ0v) is 23.0. The third kappa shape index (κ3) is 3.69. The summed E-state index contributed by atoms with van der Waals surface area (Å²) in [5.41, 5.74) is -0.336. The van der Waals surface area contributed by atoms with E-state index < -0.39 is 5.60 Å². The van der Waals surface area contributed by atoms with Crippen LogP contribution in [0.5, 0.6) is 0 Å². The molecule has 3 nitrogen and oxygen atoms in total. The minimum Gasteiger partial charge on any atom is -0.393 e. The molecule has 0 aromatic rings. The molecule has 0 aliphatic heterocycles. The highest BCUT2D eigenvalue weighted by molar-refractivity contribution is 5.19. The van der Waals surface area contributed by atoms with E-state index >= 15 is 0 Å². The van der Waals surface area contributed by atoms with Gasteiger partial charge in [0.2, 0.25) is 0 Å². The van der Waals surface area contributed by atoms with Gasteiger partial charge in [-0.2, -0.15) is 0 Å². The average Bonchev–Trinajstić information content (AvgIpc) is 3.08. The number of aliphatic hydroxyl groups excluding tert-OH is 2. The summed E-state index contributed by atoms with van der Waals surface area (Å²) in [7, 11) is 0. The molecule has 0 aromatic heterocycles. The topological polar surface area (TPSA) is 60.7 Å². The maximum Gasteiger partial charge on any atom is 0.0651 e. The fourth-order valence-corrected chi connectivity index (χ4v) is 10.5.